The Morgan fingerprint density at radius 2 is 2.14 bits per heavy atom. The largest absolute Gasteiger partial charge is 0.507 e. The number of amides is 2. The Labute approximate surface area is 119 Å². The van der Waals surface area contributed by atoms with Gasteiger partial charge in [-0.15, -0.1) is 0 Å². The molecule has 1 heterocycles. The second kappa shape index (κ2) is 5.70. The third-order valence-corrected chi connectivity index (χ3v) is 3.16. The molecule has 1 fully saturated rings. The Balaban J connectivity index is 2.32. The number of benzene rings is 1. The maximum absolute atomic E-state index is 12.4. The molecule has 1 aromatic rings. The van der Waals surface area contributed by atoms with Crippen molar-refractivity contribution >= 4 is 17.8 Å². The molecule has 21 heavy (non-hydrogen) atoms. The highest BCUT2D eigenvalue weighted by molar-refractivity contribution is 6.01. The van der Waals surface area contributed by atoms with E-state index in [4.69, 9.17) is 9.84 Å². The van der Waals surface area contributed by atoms with Crippen LogP contribution in [0.3, 0.4) is 0 Å². The van der Waals surface area contributed by atoms with Gasteiger partial charge in [-0.25, -0.2) is 4.79 Å². The number of phenols is 1. The molecule has 0 aliphatic carbocycles. The summed E-state index contributed by atoms with van der Waals surface area (Å²) in [5.41, 5.74) is -0.0863. The topological polar surface area (TPSA) is 116 Å². The highest BCUT2D eigenvalue weighted by Crippen LogP contribution is 2.25. The smallest absolute Gasteiger partial charge is 0.328 e. The summed E-state index contributed by atoms with van der Waals surface area (Å²) >= 11 is 0. The van der Waals surface area contributed by atoms with E-state index in [0.29, 0.717) is 5.75 Å². The number of carboxylic acids is 1. The number of nitrogens with zero attached hydrogens (tertiary/aromatic N) is 1. The highest BCUT2D eigenvalue weighted by atomic mass is 16.5. The maximum atomic E-state index is 12.4. The molecule has 1 aliphatic heterocycles. The van der Waals surface area contributed by atoms with Crippen LogP contribution in [-0.4, -0.2) is 59.1 Å². The van der Waals surface area contributed by atoms with Crippen molar-refractivity contribution in [3.63, 3.8) is 0 Å². The number of phenolic OH excluding ortho intramolecular Hbond substituents is 1. The standard InChI is InChI=1S/C13H14N2O6/c1-21-7-2-3-8(10(16)4-7)12(18)15-6-11(17)14-5-9(15)13(19)20/h2-4,9,16H,5-6H2,1H3,(H,14,17)(H,19,20). The third kappa shape index (κ3) is 2.88. The number of carboxylic acid groups (broad SMARTS) is 1. The first kappa shape index (κ1) is 14.6. The van der Waals surface area contributed by atoms with Crippen molar-refractivity contribution in [1.82, 2.24) is 10.2 Å². The molecule has 0 aromatic heterocycles. The van der Waals surface area contributed by atoms with E-state index in [9.17, 15) is 19.5 Å². The zero-order chi connectivity index (χ0) is 15.6. The Morgan fingerprint density at radius 3 is 2.71 bits per heavy atom. The number of aromatic hydroxyl groups is 1. The van der Waals surface area contributed by atoms with E-state index in [0.717, 1.165) is 4.90 Å². The number of aliphatic carboxylic acids is 1. The number of carbonyl (C=O) groups is 3. The lowest BCUT2D eigenvalue weighted by Crippen LogP contribution is -2.59. The fourth-order valence-electron chi connectivity index (χ4n) is 2.05. The molecule has 0 bridgehead atoms. The van der Waals surface area contributed by atoms with Crippen molar-refractivity contribution in [2.45, 2.75) is 6.04 Å². The number of hydrogen-bond acceptors (Lipinski definition) is 5. The van der Waals surface area contributed by atoms with E-state index < -0.39 is 23.8 Å². The van der Waals surface area contributed by atoms with Crippen LogP contribution in [-0.2, 0) is 9.59 Å². The van der Waals surface area contributed by atoms with Crippen LogP contribution in [0.15, 0.2) is 18.2 Å². The van der Waals surface area contributed by atoms with Crippen LogP contribution < -0.4 is 10.1 Å². The maximum Gasteiger partial charge on any atom is 0.328 e. The first-order valence-electron chi connectivity index (χ1n) is 6.11. The monoisotopic (exact) mass is 294 g/mol. The molecule has 8 heteroatoms. The van der Waals surface area contributed by atoms with E-state index in [1.165, 1.54) is 25.3 Å². The normalized spacial score (nSPS) is 18.0. The van der Waals surface area contributed by atoms with Crippen molar-refractivity contribution in [2.75, 3.05) is 20.2 Å². The number of ether oxygens (including phenoxy) is 1. The summed E-state index contributed by atoms with van der Waals surface area (Å²) in [5.74, 6) is -2.38. The Bertz CT molecular complexity index is 600. The molecule has 1 aromatic carbocycles. The first-order chi connectivity index (χ1) is 9.93. The second-order valence-electron chi connectivity index (χ2n) is 4.47. The molecular weight excluding hydrogens is 280 g/mol. The van der Waals surface area contributed by atoms with Gasteiger partial charge in [-0.2, -0.15) is 0 Å². The van der Waals surface area contributed by atoms with E-state index >= 15 is 0 Å². The number of nitrogens with one attached hydrogen (secondary N) is 1. The molecule has 3 N–H and O–H groups in total. The fraction of sp³-hybridized carbons (Fsp3) is 0.308. The molecule has 112 valence electrons. The van der Waals surface area contributed by atoms with Crippen molar-refractivity contribution in [3.05, 3.63) is 23.8 Å². The summed E-state index contributed by atoms with van der Waals surface area (Å²) in [6, 6.07) is 2.86. The van der Waals surface area contributed by atoms with Crippen molar-refractivity contribution in [3.8, 4) is 11.5 Å². The molecule has 0 spiro atoms. The summed E-state index contributed by atoms with van der Waals surface area (Å²) in [6.45, 7) is -0.544. The molecule has 1 atom stereocenters. The van der Waals surface area contributed by atoms with Gasteiger partial charge >= 0.3 is 5.97 Å². The third-order valence-electron chi connectivity index (χ3n) is 3.16. The SMILES string of the molecule is COc1ccc(C(=O)N2CC(=O)NCC2C(=O)O)c(O)c1. The average Bonchev–Trinajstić information content (AvgIpc) is 2.45. The quantitative estimate of drug-likeness (QED) is 0.687. The summed E-state index contributed by atoms with van der Waals surface area (Å²) in [4.78, 5) is 35.8. The Morgan fingerprint density at radius 1 is 1.43 bits per heavy atom. The predicted octanol–water partition coefficient (Wildman–Crippen LogP) is -0.574. The summed E-state index contributed by atoms with van der Waals surface area (Å²) in [7, 11) is 1.41. The number of carbonyl (C=O) groups excluding carboxylic acids is 2. The second-order valence-corrected chi connectivity index (χ2v) is 4.47. The minimum Gasteiger partial charge on any atom is -0.507 e. The van der Waals surface area contributed by atoms with Crippen LogP contribution in [0.5, 0.6) is 11.5 Å². The van der Waals surface area contributed by atoms with Crippen LogP contribution in [0.25, 0.3) is 0 Å². The zero-order valence-electron chi connectivity index (χ0n) is 11.2. The molecular formula is C13H14N2O6. The summed E-state index contributed by atoms with van der Waals surface area (Å²) < 4.78 is 4.91. The van der Waals surface area contributed by atoms with Gasteiger partial charge in [0.05, 0.1) is 12.7 Å². The number of rotatable bonds is 3. The van der Waals surface area contributed by atoms with E-state index in [1.54, 1.807) is 0 Å². The van der Waals surface area contributed by atoms with Crippen LogP contribution in [0.4, 0.5) is 0 Å². The van der Waals surface area contributed by atoms with Gasteiger partial charge in [0, 0.05) is 12.6 Å². The van der Waals surface area contributed by atoms with Crippen LogP contribution in [0.1, 0.15) is 10.4 Å². The fourth-order valence-corrected chi connectivity index (χ4v) is 2.05. The van der Waals surface area contributed by atoms with Gasteiger partial charge in [-0.1, -0.05) is 0 Å². The van der Waals surface area contributed by atoms with Crippen molar-refractivity contribution in [2.24, 2.45) is 0 Å². The van der Waals surface area contributed by atoms with E-state index in [-0.39, 0.29) is 24.4 Å². The Kier molecular flexibility index (Phi) is 3.97. The molecule has 1 unspecified atom stereocenters. The molecule has 0 radical (unpaired) electrons. The lowest BCUT2D eigenvalue weighted by molar-refractivity contribution is -0.144. The van der Waals surface area contributed by atoms with Gasteiger partial charge < -0.3 is 25.2 Å². The molecule has 2 amide bonds. The minimum atomic E-state index is -1.23. The molecule has 8 nitrogen and oxygen atoms in total. The average molecular weight is 294 g/mol. The lowest BCUT2D eigenvalue weighted by atomic mass is 10.1. The minimum absolute atomic E-state index is 0.0863. The highest BCUT2D eigenvalue weighted by Gasteiger charge is 2.36. The number of piperazine rings is 1. The van der Waals surface area contributed by atoms with Gasteiger partial charge in [0.15, 0.2) is 0 Å². The van der Waals surface area contributed by atoms with Crippen LogP contribution in [0, 0.1) is 0 Å². The summed E-state index contributed by atoms with van der Waals surface area (Å²) in [5, 5.41) is 21.3. The van der Waals surface area contributed by atoms with Crippen LogP contribution >= 0.6 is 0 Å². The number of methoxy groups -OCH3 is 1. The molecule has 2 rings (SSSR count). The van der Waals surface area contributed by atoms with Gasteiger partial charge in [0.25, 0.3) is 5.91 Å². The molecule has 0 saturated carbocycles. The van der Waals surface area contributed by atoms with Crippen molar-refractivity contribution in [1.29, 1.82) is 0 Å². The van der Waals surface area contributed by atoms with Crippen LogP contribution in [0.2, 0.25) is 0 Å². The lowest BCUT2D eigenvalue weighted by Gasteiger charge is -2.32. The van der Waals surface area contributed by atoms with E-state index in [2.05, 4.69) is 5.32 Å². The summed E-state index contributed by atoms with van der Waals surface area (Å²) in [6.07, 6.45) is 0. The predicted molar refractivity (Wildman–Crippen MR) is 70.1 cm³/mol. The van der Waals surface area contributed by atoms with Gasteiger partial charge in [0.2, 0.25) is 5.91 Å². The van der Waals surface area contributed by atoms with E-state index in [1.807, 2.05) is 0 Å². The van der Waals surface area contributed by atoms with Gasteiger partial charge in [-0.05, 0) is 12.1 Å². The van der Waals surface area contributed by atoms with Crippen molar-refractivity contribution < 1.29 is 29.3 Å². The zero-order valence-corrected chi connectivity index (χ0v) is 11.2. The van der Waals surface area contributed by atoms with Gasteiger partial charge in [0.1, 0.15) is 24.1 Å². The molecule has 1 aliphatic rings. The molecule has 1 saturated heterocycles. The Hall–Kier alpha value is -2.77. The number of hydrogen-bond donors (Lipinski definition) is 3. The van der Waals surface area contributed by atoms with Gasteiger partial charge in [-0.3, -0.25) is 9.59 Å². The first-order valence-corrected chi connectivity index (χ1v) is 6.11.